The zero-order valence-electron chi connectivity index (χ0n) is 13.5. The van der Waals surface area contributed by atoms with Crippen LogP contribution in [0, 0.1) is 5.92 Å². The Bertz CT molecular complexity index is 676. The van der Waals surface area contributed by atoms with Gasteiger partial charge in [-0.15, -0.1) is 12.4 Å². The van der Waals surface area contributed by atoms with Crippen molar-refractivity contribution in [2.45, 2.75) is 44.2 Å². The summed E-state index contributed by atoms with van der Waals surface area (Å²) in [6, 6.07) is 11.1. The Balaban J connectivity index is 0.00000169. The van der Waals surface area contributed by atoms with Crippen LogP contribution in [-0.4, -0.2) is 28.2 Å². The molecule has 2 bridgehead atoms. The smallest absolute Gasteiger partial charge is 0.224 e. The Kier molecular flexibility index (Phi) is 5.21. The largest absolute Gasteiger partial charge is 0.326 e. The zero-order chi connectivity index (χ0) is 15.6. The maximum Gasteiger partial charge on any atom is 0.224 e. The summed E-state index contributed by atoms with van der Waals surface area (Å²) in [6.07, 6.45) is 7.18. The average molecular weight is 347 g/mol. The first kappa shape index (κ1) is 17.0. The van der Waals surface area contributed by atoms with Gasteiger partial charge in [-0.1, -0.05) is 12.1 Å². The Morgan fingerprint density at radius 1 is 1.21 bits per heavy atom. The normalized spacial score (nSPS) is 25.1. The summed E-state index contributed by atoms with van der Waals surface area (Å²) >= 11 is 0. The molecule has 2 aliphatic heterocycles. The number of piperidine rings is 1. The minimum atomic E-state index is 0. The third kappa shape index (κ3) is 3.79. The number of H-pyrrole nitrogens is 1. The van der Waals surface area contributed by atoms with Gasteiger partial charge in [0.05, 0.1) is 5.69 Å². The van der Waals surface area contributed by atoms with E-state index >= 15 is 0 Å². The first-order valence-electron chi connectivity index (χ1n) is 8.42. The van der Waals surface area contributed by atoms with Crippen molar-refractivity contribution in [2.75, 3.05) is 5.32 Å². The lowest BCUT2D eigenvalue weighted by molar-refractivity contribution is -0.117. The summed E-state index contributed by atoms with van der Waals surface area (Å²) in [4.78, 5) is 12.4. The van der Waals surface area contributed by atoms with Crippen LogP contribution in [0.4, 0.5) is 5.69 Å². The van der Waals surface area contributed by atoms with Crippen LogP contribution >= 0.6 is 12.4 Å². The number of aromatic nitrogens is 2. The first-order chi connectivity index (χ1) is 11.3. The molecular weight excluding hydrogens is 324 g/mol. The number of benzene rings is 1. The number of rotatable bonds is 4. The number of carbonyl (C=O) groups excluding carboxylic acids is 1. The Labute approximate surface area is 148 Å². The van der Waals surface area contributed by atoms with Gasteiger partial charge in [0.1, 0.15) is 0 Å². The molecule has 0 spiro atoms. The van der Waals surface area contributed by atoms with Crippen molar-refractivity contribution in [3.05, 3.63) is 36.5 Å². The highest BCUT2D eigenvalue weighted by Gasteiger charge is 2.34. The molecule has 1 amide bonds. The lowest BCUT2D eigenvalue weighted by Gasteiger charge is -2.28. The fourth-order valence-electron chi connectivity index (χ4n) is 4.00. The number of halogens is 1. The van der Waals surface area contributed by atoms with Gasteiger partial charge in [0, 0.05) is 36.0 Å². The third-order valence-electron chi connectivity index (χ3n) is 5.00. The molecule has 2 saturated heterocycles. The standard InChI is InChI=1S/C18H22N4O.ClH/c23-18(10-12-8-15-4-5-16(9-12)20-15)21-14-3-1-2-13(11-14)17-6-7-19-22-17;/h1-3,6-7,11-12,15-16,20H,4-5,8-10H2,(H,19,22)(H,21,23);1H. The van der Waals surface area contributed by atoms with Gasteiger partial charge in [-0.25, -0.2) is 0 Å². The molecule has 0 aliphatic carbocycles. The van der Waals surface area contributed by atoms with E-state index in [9.17, 15) is 4.79 Å². The third-order valence-corrected chi connectivity index (χ3v) is 5.00. The van der Waals surface area contributed by atoms with Crippen molar-refractivity contribution >= 4 is 24.0 Å². The number of hydrogen-bond acceptors (Lipinski definition) is 3. The summed E-state index contributed by atoms with van der Waals surface area (Å²) in [5.74, 6) is 0.641. The molecule has 3 heterocycles. The fourth-order valence-corrected chi connectivity index (χ4v) is 4.00. The SMILES string of the molecule is Cl.O=C(CC1CC2CCC(C1)N2)Nc1cccc(-c2ccn[nH]2)c1. The summed E-state index contributed by atoms with van der Waals surface area (Å²) in [7, 11) is 0. The van der Waals surface area contributed by atoms with E-state index in [0.29, 0.717) is 24.4 Å². The summed E-state index contributed by atoms with van der Waals surface area (Å²) in [5.41, 5.74) is 2.83. The van der Waals surface area contributed by atoms with E-state index in [1.165, 1.54) is 12.8 Å². The van der Waals surface area contributed by atoms with E-state index in [1.54, 1.807) is 6.20 Å². The number of nitrogens with zero attached hydrogens (tertiary/aromatic N) is 1. The van der Waals surface area contributed by atoms with Gasteiger partial charge in [-0.05, 0) is 49.8 Å². The molecular formula is C18H23ClN4O. The number of aromatic amines is 1. The van der Waals surface area contributed by atoms with Crippen molar-refractivity contribution in [1.82, 2.24) is 15.5 Å². The summed E-state index contributed by atoms with van der Waals surface area (Å²) in [6.45, 7) is 0. The second-order valence-electron chi connectivity index (χ2n) is 6.78. The van der Waals surface area contributed by atoms with E-state index in [0.717, 1.165) is 29.8 Å². The summed E-state index contributed by atoms with van der Waals surface area (Å²) in [5, 5.41) is 13.6. The predicted molar refractivity (Wildman–Crippen MR) is 97.2 cm³/mol. The maximum atomic E-state index is 12.4. The van der Waals surface area contributed by atoms with Crippen molar-refractivity contribution in [3.8, 4) is 11.3 Å². The first-order valence-corrected chi connectivity index (χ1v) is 8.42. The van der Waals surface area contributed by atoms with Crippen LogP contribution in [0.1, 0.15) is 32.1 Å². The van der Waals surface area contributed by atoms with Gasteiger partial charge in [0.2, 0.25) is 5.91 Å². The number of carbonyl (C=O) groups is 1. The van der Waals surface area contributed by atoms with Crippen molar-refractivity contribution in [2.24, 2.45) is 5.92 Å². The predicted octanol–water partition coefficient (Wildman–Crippen LogP) is 3.36. The van der Waals surface area contributed by atoms with Crippen molar-refractivity contribution < 1.29 is 4.79 Å². The number of amides is 1. The monoisotopic (exact) mass is 346 g/mol. The lowest BCUT2D eigenvalue weighted by atomic mass is 9.89. The second kappa shape index (κ2) is 7.36. The molecule has 0 radical (unpaired) electrons. The molecule has 3 N–H and O–H groups in total. The van der Waals surface area contributed by atoms with Crippen LogP contribution in [0.2, 0.25) is 0 Å². The van der Waals surface area contributed by atoms with Crippen molar-refractivity contribution in [1.29, 1.82) is 0 Å². The second-order valence-corrected chi connectivity index (χ2v) is 6.78. The molecule has 0 saturated carbocycles. The van der Waals surface area contributed by atoms with E-state index in [-0.39, 0.29) is 18.3 Å². The summed E-state index contributed by atoms with van der Waals surface area (Å²) < 4.78 is 0. The van der Waals surface area contributed by atoms with Gasteiger partial charge >= 0.3 is 0 Å². The van der Waals surface area contributed by atoms with E-state index in [1.807, 2.05) is 30.3 Å². The van der Waals surface area contributed by atoms with Crippen LogP contribution in [0.3, 0.4) is 0 Å². The van der Waals surface area contributed by atoms with Gasteiger partial charge in [-0.3, -0.25) is 9.89 Å². The van der Waals surface area contributed by atoms with Crippen LogP contribution < -0.4 is 10.6 Å². The van der Waals surface area contributed by atoms with Crippen LogP contribution in [0.5, 0.6) is 0 Å². The Morgan fingerprint density at radius 3 is 2.71 bits per heavy atom. The molecule has 2 aliphatic rings. The average Bonchev–Trinajstić information content (AvgIpc) is 3.17. The highest BCUT2D eigenvalue weighted by atomic mass is 35.5. The number of fused-ring (bicyclic) bond motifs is 2. The van der Waals surface area contributed by atoms with Crippen molar-refractivity contribution in [3.63, 3.8) is 0 Å². The van der Waals surface area contributed by atoms with Gasteiger partial charge in [-0.2, -0.15) is 5.10 Å². The zero-order valence-corrected chi connectivity index (χ0v) is 14.3. The maximum absolute atomic E-state index is 12.4. The molecule has 2 atom stereocenters. The molecule has 2 aromatic rings. The van der Waals surface area contributed by atoms with Crippen LogP contribution in [0.25, 0.3) is 11.3 Å². The molecule has 1 aromatic carbocycles. The molecule has 1 aromatic heterocycles. The Morgan fingerprint density at radius 2 is 2.00 bits per heavy atom. The molecule has 2 fully saturated rings. The molecule has 128 valence electrons. The van der Waals surface area contributed by atoms with Gasteiger partial charge in [0.15, 0.2) is 0 Å². The van der Waals surface area contributed by atoms with Gasteiger partial charge < -0.3 is 10.6 Å². The van der Waals surface area contributed by atoms with Crippen LogP contribution in [-0.2, 0) is 4.79 Å². The van der Waals surface area contributed by atoms with E-state index in [2.05, 4.69) is 20.8 Å². The number of nitrogens with one attached hydrogen (secondary N) is 3. The number of hydrogen-bond donors (Lipinski definition) is 3. The lowest BCUT2D eigenvalue weighted by Crippen LogP contribution is -2.39. The minimum Gasteiger partial charge on any atom is -0.326 e. The Hall–Kier alpha value is -1.85. The topological polar surface area (TPSA) is 69.8 Å². The van der Waals surface area contributed by atoms with Crippen LogP contribution in [0.15, 0.2) is 36.5 Å². The minimum absolute atomic E-state index is 0. The van der Waals surface area contributed by atoms with Gasteiger partial charge in [0.25, 0.3) is 0 Å². The van der Waals surface area contributed by atoms with E-state index < -0.39 is 0 Å². The fraction of sp³-hybridized carbons (Fsp3) is 0.444. The quantitative estimate of drug-likeness (QED) is 0.795. The molecule has 6 heteroatoms. The number of anilines is 1. The highest BCUT2D eigenvalue weighted by molar-refractivity contribution is 5.91. The highest BCUT2D eigenvalue weighted by Crippen LogP contribution is 2.32. The molecule has 5 nitrogen and oxygen atoms in total. The van der Waals surface area contributed by atoms with E-state index in [4.69, 9.17) is 0 Å². The molecule has 4 rings (SSSR count). The molecule has 24 heavy (non-hydrogen) atoms. The molecule has 2 unspecified atom stereocenters.